The van der Waals surface area contributed by atoms with Crippen molar-refractivity contribution in [1.29, 1.82) is 0 Å². The van der Waals surface area contributed by atoms with Crippen molar-refractivity contribution in [3.63, 3.8) is 0 Å². The summed E-state index contributed by atoms with van der Waals surface area (Å²) >= 11 is 0. The largest absolute Gasteiger partial charge is 0.368 e. The van der Waals surface area contributed by atoms with Crippen molar-refractivity contribution in [2.24, 2.45) is 0 Å². The fraction of sp³-hybridized carbons (Fsp3) is 0.643. The minimum absolute atomic E-state index is 0.0494. The zero-order chi connectivity index (χ0) is 13.9. The van der Waals surface area contributed by atoms with Crippen LogP contribution in [0.25, 0.3) is 11.2 Å². The van der Waals surface area contributed by atoms with Crippen LogP contribution in [0.15, 0.2) is 12.7 Å². The predicted octanol–water partition coefficient (Wildman–Crippen LogP) is 2.74. The molecule has 1 N–H and O–H groups in total. The van der Waals surface area contributed by atoms with Gasteiger partial charge in [0.25, 0.3) is 0 Å². The van der Waals surface area contributed by atoms with Crippen LogP contribution in [0.4, 0.5) is 5.82 Å². The highest BCUT2D eigenvalue weighted by molar-refractivity contribution is 5.82. The van der Waals surface area contributed by atoms with Crippen molar-refractivity contribution >= 4 is 17.0 Å². The molecule has 0 aliphatic carbocycles. The van der Waals surface area contributed by atoms with Gasteiger partial charge in [0.05, 0.1) is 12.4 Å². The Morgan fingerprint density at radius 2 is 2.25 bits per heavy atom. The molecule has 0 aromatic carbocycles. The highest BCUT2D eigenvalue weighted by atomic mass is 16.5. The molecule has 6 heteroatoms. The summed E-state index contributed by atoms with van der Waals surface area (Å²) in [7, 11) is 0. The van der Waals surface area contributed by atoms with Crippen LogP contribution in [-0.4, -0.2) is 32.2 Å². The Balaban J connectivity index is 1.87. The number of hydrogen-bond acceptors (Lipinski definition) is 5. The second-order valence-electron chi connectivity index (χ2n) is 5.31. The van der Waals surface area contributed by atoms with E-state index in [9.17, 15) is 0 Å². The number of imidazole rings is 1. The minimum atomic E-state index is 0.0494. The van der Waals surface area contributed by atoms with Crippen LogP contribution in [0, 0.1) is 0 Å². The van der Waals surface area contributed by atoms with Gasteiger partial charge in [0, 0.05) is 6.54 Å². The van der Waals surface area contributed by atoms with Gasteiger partial charge in [0.1, 0.15) is 12.6 Å². The third-order valence-electron chi connectivity index (χ3n) is 3.70. The third-order valence-corrected chi connectivity index (χ3v) is 3.70. The Morgan fingerprint density at radius 3 is 3.00 bits per heavy atom. The summed E-state index contributed by atoms with van der Waals surface area (Å²) in [5.41, 5.74) is 1.67. The standard InChI is InChI=1S/C14H21N5O/c1-3-4-7-15-13-12-14(17-8-16-13)19(9-18-12)11-6-5-10(2)20-11/h8-11H,3-7H2,1-2H3,(H,15,16,17). The molecule has 0 spiro atoms. The van der Waals surface area contributed by atoms with E-state index in [0.717, 1.165) is 49.2 Å². The number of nitrogens with zero attached hydrogens (tertiary/aromatic N) is 4. The van der Waals surface area contributed by atoms with Crippen molar-refractivity contribution in [1.82, 2.24) is 19.5 Å². The van der Waals surface area contributed by atoms with Crippen molar-refractivity contribution < 1.29 is 4.74 Å². The lowest BCUT2D eigenvalue weighted by Crippen LogP contribution is -2.09. The van der Waals surface area contributed by atoms with E-state index in [0.29, 0.717) is 6.10 Å². The molecule has 2 aromatic heterocycles. The average molecular weight is 275 g/mol. The van der Waals surface area contributed by atoms with Crippen molar-refractivity contribution in [3.8, 4) is 0 Å². The minimum Gasteiger partial charge on any atom is -0.368 e. The number of rotatable bonds is 5. The first-order valence-electron chi connectivity index (χ1n) is 7.36. The van der Waals surface area contributed by atoms with Gasteiger partial charge in [-0.25, -0.2) is 15.0 Å². The predicted molar refractivity (Wildman–Crippen MR) is 77.5 cm³/mol. The maximum absolute atomic E-state index is 5.89. The van der Waals surface area contributed by atoms with Gasteiger partial charge in [-0.3, -0.25) is 4.57 Å². The summed E-state index contributed by atoms with van der Waals surface area (Å²) in [6.07, 6.45) is 8.13. The maximum Gasteiger partial charge on any atom is 0.167 e. The maximum atomic E-state index is 5.89. The fourth-order valence-electron chi connectivity index (χ4n) is 2.56. The van der Waals surface area contributed by atoms with E-state index in [2.05, 4.69) is 34.1 Å². The van der Waals surface area contributed by atoms with Crippen LogP contribution >= 0.6 is 0 Å². The van der Waals surface area contributed by atoms with E-state index < -0.39 is 0 Å². The summed E-state index contributed by atoms with van der Waals surface area (Å²) in [5.74, 6) is 0.813. The number of ether oxygens (including phenoxy) is 1. The molecule has 108 valence electrons. The van der Waals surface area contributed by atoms with E-state index in [4.69, 9.17) is 4.74 Å². The molecule has 1 saturated heterocycles. The highest BCUT2D eigenvalue weighted by Crippen LogP contribution is 2.30. The lowest BCUT2D eigenvalue weighted by Gasteiger charge is -2.13. The third kappa shape index (κ3) is 2.47. The Hall–Kier alpha value is -1.69. The Labute approximate surface area is 118 Å². The van der Waals surface area contributed by atoms with Gasteiger partial charge in [-0.05, 0) is 26.2 Å². The van der Waals surface area contributed by atoms with Crippen LogP contribution in [0.3, 0.4) is 0 Å². The van der Waals surface area contributed by atoms with Crippen LogP contribution < -0.4 is 5.32 Å². The highest BCUT2D eigenvalue weighted by Gasteiger charge is 2.25. The Morgan fingerprint density at radius 1 is 1.35 bits per heavy atom. The molecule has 2 atom stereocenters. The normalized spacial score (nSPS) is 22.5. The van der Waals surface area contributed by atoms with Gasteiger partial charge in [0.15, 0.2) is 17.0 Å². The quantitative estimate of drug-likeness (QED) is 0.850. The molecule has 3 rings (SSSR count). The average Bonchev–Trinajstić information content (AvgIpc) is 3.05. The fourth-order valence-corrected chi connectivity index (χ4v) is 2.56. The Bertz CT molecular complexity index is 582. The molecule has 1 aliphatic heterocycles. The first-order valence-corrected chi connectivity index (χ1v) is 7.36. The summed E-state index contributed by atoms with van der Waals surface area (Å²) in [6, 6.07) is 0. The van der Waals surface area contributed by atoms with E-state index in [-0.39, 0.29) is 6.23 Å². The van der Waals surface area contributed by atoms with E-state index >= 15 is 0 Å². The smallest absolute Gasteiger partial charge is 0.167 e. The van der Waals surface area contributed by atoms with Crippen LogP contribution in [-0.2, 0) is 4.74 Å². The van der Waals surface area contributed by atoms with Gasteiger partial charge < -0.3 is 10.1 Å². The topological polar surface area (TPSA) is 64.9 Å². The second kappa shape index (κ2) is 5.75. The van der Waals surface area contributed by atoms with Crippen LogP contribution in [0.5, 0.6) is 0 Å². The molecular formula is C14H21N5O. The molecular weight excluding hydrogens is 254 g/mol. The van der Waals surface area contributed by atoms with Crippen molar-refractivity contribution in [3.05, 3.63) is 12.7 Å². The van der Waals surface area contributed by atoms with Gasteiger partial charge in [-0.15, -0.1) is 0 Å². The molecule has 0 saturated carbocycles. The summed E-state index contributed by atoms with van der Waals surface area (Å²) in [4.78, 5) is 13.1. The molecule has 1 aliphatic rings. The number of anilines is 1. The molecule has 6 nitrogen and oxygen atoms in total. The number of aromatic nitrogens is 4. The number of hydrogen-bond donors (Lipinski definition) is 1. The van der Waals surface area contributed by atoms with Crippen molar-refractivity contribution in [2.45, 2.75) is 51.9 Å². The number of nitrogens with one attached hydrogen (secondary N) is 1. The van der Waals surface area contributed by atoms with Gasteiger partial charge in [-0.1, -0.05) is 13.3 Å². The molecule has 2 unspecified atom stereocenters. The molecule has 0 radical (unpaired) electrons. The SMILES string of the molecule is CCCCNc1ncnc2c1ncn2C1CCC(C)O1. The van der Waals surface area contributed by atoms with Gasteiger partial charge >= 0.3 is 0 Å². The zero-order valence-corrected chi connectivity index (χ0v) is 12.0. The first-order chi connectivity index (χ1) is 9.79. The summed E-state index contributed by atoms with van der Waals surface area (Å²) in [6.45, 7) is 5.18. The van der Waals surface area contributed by atoms with Crippen LogP contribution in [0.2, 0.25) is 0 Å². The monoisotopic (exact) mass is 275 g/mol. The molecule has 0 bridgehead atoms. The molecule has 1 fully saturated rings. The lowest BCUT2D eigenvalue weighted by molar-refractivity contribution is 0.0131. The van der Waals surface area contributed by atoms with Gasteiger partial charge in [0.2, 0.25) is 0 Å². The van der Waals surface area contributed by atoms with Crippen molar-refractivity contribution in [2.75, 3.05) is 11.9 Å². The summed E-state index contributed by atoms with van der Waals surface area (Å²) < 4.78 is 7.91. The Kier molecular flexibility index (Phi) is 3.82. The van der Waals surface area contributed by atoms with E-state index in [1.54, 1.807) is 6.33 Å². The van der Waals surface area contributed by atoms with E-state index in [1.807, 2.05) is 10.9 Å². The number of fused-ring (bicyclic) bond motifs is 1. The summed E-state index contributed by atoms with van der Waals surface area (Å²) in [5, 5.41) is 3.33. The van der Waals surface area contributed by atoms with E-state index in [1.165, 1.54) is 0 Å². The van der Waals surface area contributed by atoms with Gasteiger partial charge in [-0.2, -0.15) is 0 Å². The second-order valence-corrected chi connectivity index (χ2v) is 5.31. The number of unbranched alkanes of at least 4 members (excludes halogenated alkanes) is 1. The molecule has 3 heterocycles. The zero-order valence-electron chi connectivity index (χ0n) is 12.0. The van der Waals surface area contributed by atoms with Crippen LogP contribution in [0.1, 0.15) is 45.8 Å². The molecule has 0 amide bonds. The first kappa shape index (κ1) is 13.3. The molecule has 2 aromatic rings. The molecule has 20 heavy (non-hydrogen) atoms. The lowest BCUT2D eigenvalue weighted by atomic mass is 10.2.